The van der Waals surface area contributed by atoms with E-state index in [1.165, 1.54) is 0 Å². The summed E-state index contributed by atoms with van der Waals surface area (Å²) in [5.74, 6) is 0.317. The molecule has 1 aliphatic heterocycles. The molecular weight excluding hydrogens is 364 g/mol. The molecule has 1 aliphatic rings. The molecule has 1 aromatic heterocycles. The molecule has 0 radical (unpaired) electrons. The number of aromatic nitrogens is 4. The van der Waals surface area contributed by atoms with Crippen LogP contribution in [0.4, 0.5) is 11.6 Å². The highest BCUT2D eigenvalue weighted by molar-refractivity contribution is 6.06. The van der Waals surface area contributed by atoms with E-state index in [-0.39, 0.29) is 5.91 Å². The Morgan fingerprint density at radius 3 is 2.62 bits per heavy atom. The van der Waals surface area contributed by atoms with Gasteiger partial charge < -0.3 is 10.6 Å². The smallest absolute Gasteiger partial charge is 0.255 e. The molecule has 0 saturated carbocycles. The Kier molecular flexibility index (Phi) is 4.05. The third-order valence-corrected chi connectivity index (χ3v) is 5.11. The first-order chi connectivity index (χ1) is 14.2. The molecule has 0 bridgehead atoms. The summed E-state index contributed by atoms with van der Waals surface area (Å²) in [5, 5.41) is 20.4. The maximum absolute atomic E-state index is 13.3. The Hall–Kier alpha value is -4.00. The number of rotatable bonds is 3. The van der Waals surface area contributed by atoms with Gasteiger partial charge in [0.05, 0.1) is 5.57 Å². The minimum Gasteiger partial charge on any atom is -0.326 e. The number of allylic oxidation sites excluding steroid dienone is 1. The van der Waals surface area contributed by atoms with Gasteiger partial charge in [0.1, 0.15) is 6.04 Å². The lowest BCUT2D eigenvalue weighted by Crippen LogP contribution is -2.31. The maximum atomic E-state index is 13.3. The molecule has 7 heteroatoms. The lowest BCUT2D eigenvalue weighted by molar-refractivity contribution is -0.113. The molecule has 5 rings (SSSR count). The lowest BCUT2D eigenvalue weighted by Gasteiger charge is -2.28. The number of para-hydroxylation sites is 1. The van der Waals surface area contributed by atoms with Crippen LogP contribution in [0.2, 0.25) is 0 Å². The summed E-state index contributed by atoms with van der Waals surface area (Å²) >= 11 is 0. The number of nitrogens with one attached hydrogen (secondary N) is 2. The standard InChI is InChI=1S/C22H18N6O/c1-14-19(21(29)24-16-10-3-2-4-11-16)20(28-22(23-14)25-26-27-28)18-13-7-9-15-8-5-6-12-17(15)18/h2-13,20H,1H3,(H,24,29)(H,23,25,27). The summed E-state index contributed by atoms with van der Waals surface area (Å²) in [7, 11) is 0. The molecule has 2 heterocycles. The second-order valence-electron chi connectivity index (χ2n) is 6.90. The lowest BCUT2D eigenvalue weighted by atomic mass is 9.91. The first-order valence-electron chi connectivity index (χ1n) is 9.32. The van der Waals surface area contributed by atoms with Crippen molar-refractivity contribution in [1.29, 1.82) is 0 Å². The van der Waals surface area contributed by atoms with Gasteiger partial charge in [-0.05, 0) is 45.8 Å². The maximum Gasteiger partial charge on any atom is 0.255 e. The molecule has 1 amide bonds. The molecular formula is C22H18N6O. The molecule has 0 spiro atoms. The predicted octanol–water partition coefficient (Wildman–Crippen LogP) is 3.75. The number of carbonyl (C=O) groups is 1. The highest BCUT2D eigenvalue weighted by Crippen LogP contribution is 2.37. The Bertz CT molecular complexity index is 1240. The van der Waals surface area contributed by atoms with Crippen LogP contribution in [0.1, 0.15) is 18.5 Å². The first kappa shape index (κ1) is 17.1. The van der Waals surface area contributed by atoms with Crippen molar-refractivity contribution in [3.63, 3.8) is 0 Å². The zero-order valence-corrected chi connectivity index (χ0v) is 15.7. The highest BCUT2D eigenvalue weighted by atomic mass is 16.1. The SMILES string of the molecule is CC1=C(C(=O)Nc2ccccc2)C(c2cccc3ccccc23)n2nnnc2N1. The van der Waals surface area contributed by atoms with Crippen molar-refractivity contribution in [2.24, 2.45) is 0 Å². The third-order valence-electron chi connectivity index (χ3n) is 5.11. The van der Waals surface area contributed by atoms with E-state index in [0.717, 1.165) is 27.7 Å². The van der Waals surface area contributed by atoms with Gasteiger partial charge >= 0.3 is 0 Å². The van der Waals surface area contributed by atoms with Crippen LogP contribution >= 0.6 is 0 Å². The van der Waals surface area contributed by atoms with Gasteiger partial charge in [-0.3, -0.25) is 4.79 Å². The fourth-order valence-corrected chi connectivity index (χ4v) is 3.80. The summed E-state index contributed by atoms with van der Waals surface area (Å²) in [4.78, 5) is 13.3. The molecule has 1 unspecified atom stereocenters. The van der Waals surface area contributed by atoms with Crippen molar-refractivity contribution in [2.75, 3.05) is 10.6 Å². The van der Waals surface area contributed by atoms with Crippen molar-refractivity contribution >= 4 is 28.3 Å². The van der Waals surface area contributed by atoms with Gasteiger partial charge in [0.15, 0.2) is 0 Å². The monoisotopic (exact) mass is 382 g/mol. The summed E-state index contributed by atoms with van der Waals surface area (Å²) < 4.78 is 1.66. The average molecular weight is 382 g/mol. The zero-order valence-electron chi connectivity index (χ0n) is 15.7. The fraction of sp³-hybridized carbons (Fsp3) is 0.0909. The highest BCUT2D eigenvalue weighted by Gasteiger charge is 2.34. The molecule has 4 aromatic rings. The number of carbonyl (C=O) groups excluding carboxylic acids is 1. The van der Waals surface area contributed by atoms with E-state index in [2.05, 4.69) is 44.4 Å². The van der Waals surface area contributed by atoms with Crippen LogP contribution in [0.15, 0.2) is 84.1 Å². The van der Waals surface area contributed by atoms with Crippen molar-refractivity contribution in [2.45, 2.75) is 13.0 Å². The van der Waals surface area contributed by atoms with Crippen LogP contribution in [0.25, 0.3) is 10.8 Å². The van der Waals surface area contributed by atoms with E-state index >= 15 is 0 Å². The van der Waals surface area contributed by atoms with Crippen LogP contribution in [0.3, 0.4) is 0 Å². The Morgan fingerprint density at radius 1 is 1.00 bits per heavy atom. The number of amides is 1. The molecule has 0 saturated heterocycles. The van der Waals surface area contributed by atoms with Crippen LogP contribution in [-0.4, -0.2) is 26.1 Å². The second kappa shape index (κ2) is 6.87. The number of fused-ring (bicyclic) bond motifs is 2. The minimum absolute atomic E-state index is 0.194. The largest absolute Gasteiger partial charge is 0.326 e. The van der Waals surface area contributed by atoms with Gasteiger partial charge in [-0.2, -0.15) is 4.68 Å². The molecule has 142 valence electrons. The number of hydrogen-bond acceptors (Lipinski definition) is 5. The van der Waals surface area contributed by atoms with Crippen LogP contribution in [0.5, 0.6) is 0 Å². The van der Waals surface area contributed by atoms with Crippen LogP contribution in [0, 0.1) is 0 Å². The number of benzene rings is 3. The molecule has 3 aromatic carbocycles. The van der Waals surface area contributed by atoms with E-state index in [1.54, 1.807) is 4.68 Å². The predicted molar refractivity (Wildman–Crippen MR) is 111 cm³/mol. The van der Waals surface area contributed by atoms with E-state index in [9.17, 15) is 4.79 Å². The normalized spacial score (nSPS) is 15.7. The minimum atomic E-state index is -0.448. The third kappa shape index (κ3) is 2.93. The van der Waals surface area contributed by atoms with Gasteiger partial charge in [0.25, 0.3) is 5.91 Å². The van der Waals surface area contributed by atoms with E-state index in [0.29, 0.717) is 11.5 Å². The van der Waals surface area contributed by atoms with Crippen molar-refractivity contribution in [3.05, 3.63) is 89.6 Å². The van der Waals surface area contributed by atoms with Gasteiger partial charge in [0, 0.05) is 11.4 Å². The Balaban J connectivity index is 1.67. The quantitative estimate of drug-likeness (QED) is 0.564. The van der Waals surface area contributed by atoms with Crippen molar-refractivity contribution in [3.8, 4) is 0 Å². The number of hydrogen-bond donors (Lipinski definition) is 2. The second-order valence-corrected chi connectivity index (χ2v) is 6.90. The number of nitrogens with zero attached hydrogens (tertiary/aromatic N) is 4. The molecule has 2 N–H and O–H groups in total. The topological polar surface area (TPSA) is 84.7 Å². The van der Waals surface area contributed by atoms with Gasteiger partial charge in [-0.25, -0.2) is 0 Å². The van der Waals surface area contributed by atoms with E-state index < -0.39 is 6.04 Å². The molecule has 29 heavy (non-hydrogen) atoms. The Morgan fingerprint density at radius 2 is 1.76 bits per heavy atom. The van der Waals surface area contributed by atoms with E-state index in [4.69, 9.17) is 0 Å². The van der Waals surface area contributed by atoms with Crippen LogP contribution < -0.4 is 10.6 Å². The summed E-state index contributed by atoms with van der Waals surface area (Å²) in [6, 6.07) is 23.1. The summed E-state index contributed by atoms with van der Waals surface area (Å²) in [6.45, 7) is 1.87. The average Bonchev–Trinajstić information content (AvgIpc) is 3.21. The molecule has 0 fully saturated rings. The van der Waals surface area contributed by atoms with Crippen molar-refractivity contribution in [1.82, 2.24) is 20.2 Å². The van der Waals surface area contributed by atoms with Gasteiger partial charge in [0.2, 0.25) is 5.95 Å². The zero-order chi connectivity index (χ0) is 19.8. The van der Waals surface area contributed by atoms with Crippen molar-refractivity contribution < 1.29 is 4.79 Å². The Labute approximate surface area is 167 Å². The van der Waals surface area contributed by atoms with Crippen LogP contribution in [-0.2, 0) is 4.79 Å². The molecule has 0 aliphatic carbocycles. The molecule has 7 nitrogen and oxygen atoms in total. The molecule has 1 atom stereocenters. The first-order valence-corrected chi connectivity index (χ1v) is 9.32. The van der Waals surface area contributed by atoms with E-state index in [1.807, 2.05) is 61.5 Å². The van der Waals surface area contributed by atoms with Gasteiger partial charge in [-0.1, -0.05) is 65.8 Å². The summed E-state index contributed by atoms with van der Waals surface area (Å²) in [5.41, 5.74) is 3.00. The fourth-order valence-electron chi connectivity index (χ4n) is 3.80. The number of anilines is 2. The summed E-state index contributed by atoms with van der Waals surface area (Å²) in [6.07, 6.45) is 0. The number of tetrazole rings is 1. The van der Waals surface area contributed by atoms with Gasteiger partial charge in [-0.15, -0.1) is 0 Å².